The maximum atomic E-state index is 12.0. The summed E-state index contributed by atoms with van der Waals surface area (Å²) < 4.78 is 3.80. The van der Waals surface area contributed by atoms with Crippen molar-refractivity contribution >= 4 is 23.1 Å². The van der Waals surface area contributed by atoms with E-state index in [0.717, 1.165) is 34.3 Å². The first-order chi connectivity index (χ1) is 8.13. The SMILES string of the molecule is CCc1nnsc1C(=O)Nc1c(C)n[nH]c1C. The van der Waals surface area contributed by atoms with Crippen LogP contribution in [0, 0.1) is 13.8 Å². The highest BCUT2D eigenvalue weighted by atomic mass is 32.1. The van der Waals surface area contributed by atoms with Crippen LogP contribution in [0.2, 0.25) is 0 Å². The molecule has 0 saturated heterocycles. The van der Waals surface area contributed by atoms with Crippen molar-refractivity contribution in [2.45, 2.75) is 27.2 Å². The van der Waals surface area contributed by atoms with Crippen LogP contribution in [0.3, 0.4) is 0 Å². The molecule has 0 fully saturated rings. The van der Waals surface area contributed by atoms with Gasteiger partial charge in [0.25, 0.3) is 5.91 Å². The first-order valence-corrected chi connectivity index (χ1v) is 6.05. The van der Waals surface area contributed by atoms with Crippen molar-refractivity contribution in [3.63, 3.8) is 0 Å². The fraction of sp³-hybridized carbons (Fsp3) is 0.400. The molecule has 6 nitrogen and oxygen atoms in total. The van der Waals surface area contributed by atoms with Gasteiger partial charge in [-0.3, -0.25) is 9.89 Å². The lowest BCUT2D eigenvalue weighted by Crippen LogP contribution is -2.13. The van der Waals surface area contributed by atoms with E-state index in [-0.39, 0.29) is 5.91 Å². The number of carbonyl (C=O) groups is 1. The highest BCUT2D eigenvalue weighted by Crippen LogP contribution is 2.19. The van der Waals surface area contributed by atoms with Crippen molar-refractivity contribution in [2.75, 3.05) is 5.32 Å². The van der Waals surface area contributed by atoms with Crippen molar-refractivity contribution in [1.82, 2.24) is 19.8 Å². The van der Waals surface area contributed by atoms with Crippen molar-refractivity contribution < 1.29 is 4.79 Å². The molecule has 0 radical (unpaired) electrons. The Morgan fingerprint density at radius 3 is 2.82 bits per heavy atom. The molecule has 0 atom stereocenters. The Morgan fingerprint density at radius 2 is 2.24 bits per heavy atom. The maximum Gasteiger partial charge on any atom is 0.269 e. The van der Waals surface area contributed by atoms with Gasteiger partial charge in [-0.15, -0.1) is 5.10 Å². The summed E-state index contributed by atoms with van der Waals surface area (Å²) in [5.41, 5.74) is 3.06. The van der Waals surface area contributed by atoms with Crippen LogP contribution >= 0.6 is 11.5 Å². The molecule has 90 valence electrons. The highest BCUT2D eigenvalue weighted by molar-refractivity contribution is 7.08. The lowest BCUT2D eigenvalue weighted by Gasteiger charge is -2.03. The molecule has 2 rings (SSSR count). The van der Waals surface area contributed by atoms with Crippen LogP contribution in [0.25, 0.3) is 0 Å². The summed E-state index contributed by atoms with van der Waals surface area (Å²) in [5.74, 6) is -0.176. The van der Waals surface area contributed by atoms with Crippen LogP contribution in [0.1, 0.15) is 33.7 Å². The lowest BCUT2D eigenvalue weighted by atomic mass is 10.2. The van der Waals surface area contributed by atoms with E-state index in [9.17, 15) is 4.79 Å². The third-order valence-electron chi connectivity index (χ3n) is 2.46. The molecular formula is C10H13N5OS. The average molecular weight is 251 g/mol. The van der Waals surface area contributed by atoms with Crippen LogP contribution in [-0.2, 0) is 6.42 Å². The molecule has 0 aliphatic carbocycles. The molecule has 0 saturated carbocycles. The summed E-state index contributed by atoms with van der Waals surface area (Å²) in [6.07, 6.45) is 0.697. The zero-order valence-corrected chi connectivity index (χ0v) is 10.7. The van der Waals surface area contributed by atoms with Gasteiger partial charge in [-0.2, -0.15) is 5.10 Å². The van der Waals surface area contributed by atoms with E-state index >= 15 is 0 Å². The number of amides is 1. The molecule has 0 aromatic carbocycles. The number of hydrogen-bond acceptors (Lipinski definition) is 5. The van der Waals surface area contributed by atoms with Gasteiger partial charge in [0.15, 0.2) is 0 Å². The fourth-order valence-corrected chi connectivity index (χ4v) is 2.16. The average Bonchev–Trinajstić information content (AvgIpc) is 2.90. The van der Waals surface area contributed by atoms with E-state index in [1.807, 2.05) is 20.8 Å². The van der Waals surface area contributed by atoms with Gasteiger partial charge in [-0.05, 0) is 31.8 Å². The van der Waals surface area contributed by atoms with Gasteiger partial charge in [-0.1, -0.05) is 11.4 Å². The van der Waals surface area contributed by atoms with Crippen molar-refractivity contribution in [3.05, 3.63) is 22.0 Å². The summed E-state index contributed by atoms with van der Waals surface area (Å²) in [7, 11) is 0. The Morgan fingerprint density at radius 1 is 1.47 bits per heavy atom. The molecule has 7 heteroatoms. The van der Waals surface area contributed by atoms with E-state index in [1.165, 1.54) is 0 Å². The molecule has 0 aliphatic rings. The van der Waals surface area contributed by atoms with Crippen LogP contribution in [-0.4, -0.2) is 25.7 Å². The van der Waals surface area contributed by atoms with Gasteiger partial charge in [0.2, 0.25) is 0 Å². The van der Waals surface area contributed by atoms with Gasteiger partial charge < -0.3 is 5.32 Å². The Kier molecular flexibility index (Phi) is 3.19. The van der Waals surface area contributed by atoms with E-state index in [4.69, 9.17) is 0 Å². The second-order valence-corrected chi connectivity index (χ2v) is 4.42. The Bertz CT molecular complexity index is 525. The van der Waals surface area contributed by atoms with Crippen LogP contribution in [0.15, 0.2) is 0 Å². The predicted octanol–water partition coefficient (Wildman–Crippen LogP) is 1.69. The molecule has 0 unspecified atom stereocenters. The highest BCUT2D eigenvalue weighted by Gasteiger charge is 2.17. The maximum absolute atomic E-state index is 12.0. The molecule has 0 spiro atoms. The lowest BCUT2D eigenvalue weighted by molar-refractivity contribution is 0.102. The van der Waals surface area contributed by atoms with Gasteiger partial charge in [0, 0.05) is 0 Å². The normalized spacial score (nSPS) is 10.5. The van der Waals surface area contributed by atoms with E-state index in [1.54, 1.807) is 0 Å². The van der Waals surface area contributed by atoms with E-state index in [2.05, 4.69) is 25.1 Å². The van der Waals surface area contributed by atoms with E-state index in [0.29, 0.717) is 11.3 Å². The number of aryl methyl sites for hydroxylation is 3. The Labute approximate surface area is 103 Å². The first kappa shape index (κ1) is 11.7. The number of rotatable bonds is 3. The van der Waals surface area contributed by atoms with Crippen molar-refractivity contribution in [1.29, 1.82) is 0 Å². The third-order valence-corrected chi connectivity index (χ3v) is 3.23. The number of H-pyrrole nitrogens is 1. The standard InChI is InChI=1S/C10H13N5OS/c1-4-7-9(17-15-14-7)10(16)11-8-5(2)12-13-6(8)3/h4H2,1-3H3,(H,11,16)(H,12,13). The summed E-state index contributed by atoms with van der Waals surface area (Å²) in [4.78, 5) is 12.6. The first-order valence-electron chi connectivity index (χ1n) is 5.27. The quantitative estimate of drug-likeness (QED) is 0.869. The van der Waals surface area contributed by atoms with Crippen molar-refractivity contribution in [2.24, 2.45) is 0 Å². The zero-order valence-electron chi connectivity index (χ0n) is 9.87. The molecule has 17 heavy (non-hydrogen) atoms. The second kappa shape index (κ2) is 4.62. The summed E-state index contributed by atoms with van der Waals surface area (Å²) in [5, 5.41) is 13.6. The Hall–Kier alpha value is -1.76. The number of carbonyl (C=O) groups excluding carboxylic acids is 1. The Balaban J connectivity index is 2.23. The second-order valence-electron chi connectivity index (χ2n) is 3.67. The molecule has 1 amide bonds. The molecule has 2 heterocycles. The molecule has 0 bridgehead atoms. The van der Waals surface area contributed by atoms with Crippen LogP contribution < -0.4 is 5.32 Å². The number of aromatic amines is 1. The summed E-state index contributed by atoms with van der Waals surface area (Å²) >= 11 is 1.11. The van der Waals surface area contributed by atoms with Gasteiger partial charge in [-0.25, -0.2) is 0 Å². The summed E-state index contributed by atoms with van der Waals surface area (Å²) in [6.45, 7) is 5.65. The van der Waals surface area contributed by atoms with Gasteiger partial charge in [0.1, 0.15) is 4.88 Å². The predicted molar refractivity (Wildman–Crippen MR) is 65.3 cm³/mol. The van der Waals surface area contributed by atoms with Crippen LogP contribution in [0.4, 0.5) is 5.69 Å². The van der Waals surface area contributed by atoms with E-state index < -0.39 is 0 Å². The number of hydrogen-bond donors (Lipinski definition) is 2. The largest absolute Gasteiger partial charge is 0.318 e. The molecule has 0 aliphatic heterocycles. The summed E-state index contributed by atoms with van der Waals surface area (Å²) in [6, 6.07) is 0. The van der Waals surface area contributed by atoms with Crippen LogP contribution in [0.5, 0.6) is 0 Å². The van der Waals surface area contributed by atoms with Crippen molar-refractivity contribution in [3.8, 4) is 0 Å². The number of anilines is 1. The monoisotopic (exact) mass is 251 g/mol. The minimum Gasteiger partial charge on any atom is -0.318 e. The molecule has 2 aromatic rings. The fourth-order valence-electron chi connectivity index (χ4n) is 1.52. The minimum atomic E-state index is -0.176. The topological polar surface area (TPSA) is 83.6 Å². The zero-order chi connectivity index (χ0) is 12.4. The smallest absolute Gasteiger partial charge is 0.269 e. The molecule has 2 N–H and O–H groups in total. The van der Waals surface area contributed by atoms with Gasteiger partial charge in [0.05, 0.1) is 22.8 Å². The number of aromatic nitrogens is 4. The minimum absolute atomic E-state index is 0.176. The number of nitrogens with zero attached hydrogens (tertiary/aromatic N) is 3. The third kappa shape index (κ3) is 2.19. The number of nitrogens with one attached hydrogen (secondary N) is 2. The van der Waals surface area contributed by atoms with Gasteiger partial charge >= 0.3 is 0 Å². The molecule has 2 aromatic heterocycles. The molecular weight excluding hydrogens is 238 g/mol.